The molecule has 0 radical (unpaired) electrons. The van der Waals surface area contributed by atoms with Crippen LogP contribution in [0.2, 0.25) is 0 Å². The third-order valence-electron chi connectivity index (χ3n) is 5.36. The lowest BCUT2D eigenvalue weighted by Gasteiger charge is -2.28. The van der Waals surface area contributed by atoms with Gasteiger partial charge >= 0.3 is 6.03 Å². The number of nitrogens with zero attached hydrogens (tertiary/aromatic N) is 1. The molecular weight excluding hydrogens is 432 g/mol. The zero-order chi connectivity index (χ0) is 20.2. The van der Waals surface area contributed by atoms with Crippen LogP contribution in [0.15, 0.2) is 58.7 Å². The largest absolute Gasteiger partial charge is 0.489 e. The van der Waals surface area contributed by atoms with Gasteiger partial charge in [0.05, 0.1) is 0 Å². The molecule has 5 nitrogen and oxygen atoms in total. The molecule has 1 heterocycles. The fourth-order valence-electron chi connectivity index (χ4n) is 3.79. The van der Waals surface area contributed by atoms with E-state index in [4.69, 9.17) is 4.74 Å². The first-order valence-electron chi connectivity index (χ1n) is 9.94. The van der Waals surface area contributed by atoms with Crippen molar-refractivity contribution in [3.8, 4) is 5.75 Å². The molecule has 0 unspecified atom stereocenters. The Morgan fingerprint density at radius 3 is 2.38 bits per heavy atom. The molecule has 0 spiro atoms. The number of halogens is 1. The molecule has 1 aliphatic carbocycles. The van der Waals surface area contributed by atoms with E-state index in [2.05, 4.69) is 21.2 Å². The number of nitrogens with one attached hydrogen (secondary N) is 1. The molecule has 6 heteroatoms. The van der Waals surface area contributed by atoms with Crippen LogP contribution in [0.25, 0.3) is 6.08 Å². The molecule has 0 atom stereocenters. The summed E-state index contributed by atoms with van der Waals surface area (Å²) in [5, 5.41) is 2.73. The third-order valence-corrected chi connectivity index (χ3v) is 5.89. The number of hydrogen-bond donors (Lipinski definition) is 1. The molecule has 2 aromatic carbocycles. The quantitative estimate of drug-likeness (QED) is 0.495. The number of hydrogen-bond acceptors (Lipinski definition) is 3. The van der Waals surface area contributed by atoms with Gasteiger partial charge in [-0.1, -0.05) is 59.5 Å². The molecule has 150 valence electrons. The molecule has 2 aromatic rings. The zero-order valence-corrected chi connectivity index (χ0v) is 17.7. The zero-order valence-electron chi connectivity index (χ0n) is 16.1. The number of rotatable bonds is 5. The highest BCUT2D eigenvalue weighted by Crippen LogP contribution is 2.27. The van der Waals surface area contributed by atoms with Gasteiger partial charge in [-0.15, -0.1) is 0 Å². The average molecular weight is 455 g/mol. The molecular formula is C23H23BrN2O3. The van der Waals surface area contributed by atoms with Crippen molar-refractivity contribution in [2.75, 3.05) is 0 Å². The topological polar surface area (TPSA) is 58.6 Å². The van der Waals surface area contributed by atoms with E-state index in [1.165, 1.54) is 11.3 Å². The van der Waals surface area contributed by atoms with E-state index < -0.39 is 0 Å². The van der Waals surface area contributed by atoms with Gasteiger partial charge in [0.2, 0.25) is 0 Å². The van der Waals surface area contributed by atoms with E-state index in [0.717, 1.165) is 47.0 Å². The van der Waals surface area contributed by atoms with Crippen LogP contribution in [0, 0.1) is 0 Å². The molecule has 2 aliphatic rings. The fourth-order valence-corrected chi connectivity index (χ4v) is 4.06. The van der Waals surface area contributed by atoms with Crippen molar-refractivity contribution in [2.45, 2.75) is 44.8 Å². The lowest BCUT2D eigenvalue weighted by Crippen LogP contribution is -2.41. The number of benzene rings is 2. The van der Waals surface area contributed by atoms with Gasteiger partial charge in [0.25, 0.3) is 5.91 Å². The Balaban J connectivity index is 1.39. The van der Waals surface area contributed by atoms with Crippen LogP contribution in [0.1, 0.15) is 43.2 Å². The van der Waals surface area contributed by atoms with Crippen LogP contribution in [-0.4, -0.2) is 22.9 Å². The SMILES string of the molecule is O=C1N/C(=C\c2ccc(OCc3ccc(Br)cc3)cc2)C(=O)N1C1CCCCC1. The Kier molecular flexibility index (Phi) is 6.00. The minimum atomic E-state index is -0.303. The first kappa shape index (κ1) is 19.7. The Labute approximate surface area is 178 Å². The smallest absolute Gasteiger partial charge is 0.329 e. The minimum absolute atomic E-state index is 0.0246. The van der Waals surface area contributed by atoms with Crippen LogP contribution >= 0.6 is 15.9 Å². The lowest BCUT2D eigenvalue weighted by molar-refractivity contribution is -0.124. The maximum absolute atomic E-state index is 12.7. The molecule has 0 bridgehead atoms. The Morgan fingerprint density at radius 2 is 1.69 bits per heavy atom. The van der Waals surface area contributed by atoms with E-state index in [9.17, 15) is 9.59 Å². The van der Waals surface area contributed by atoms with E-state index >= 15 is 0 Å². The predicted molar refractivity (Wildman–Crippen MR) is 115 cm³/mol. The van der Waals surface area contributed by atoms with Crippen molar-refractivity contribution in [1.82, 2.24) is 10.2 Å². The Hall–Kier alpha value is -2.60. The van der Waals surface area contributed by atoms with Gasteiger partial charge < -0.3 is 10.1 Å². The maximum Gasteiger partial charge on any atom is 0.329 e. The number of carbonyl (C=O) groups is 2. The number of amides is 3. The molecule has 3 amide bonds. The van der Waals surface area contributed by atoms with Gasteiger partial charge in [-0.25, -0.2) is 4.79 Å². The van der Waals surface area contributed by atoms with E-state index in [-0.39, 0.29) is 18.0 Å². The number of ether oxygens (including phenoxy) is 1. The van der Waals surface area contributed by atoms with Crippen LogP contribution in [-0.2, 0) is 11.4 Å². The molecule has 1 N–H and O–H groups in total. The van der Waals surface area contributed by atoms with E-state index in [0.29, 0.717) is 12.3 Å². The average Bonchev–Trinajstić information content (AvgIpc) is 3.02. The van der Waals surface area contributed by atoms with Crippen molar-refractivity contribution in [2.24, 2.45) is 0 Å². The van der Waals surface area contributed by atoms with Crippen molar-refractivity contribution in [1.29, 1.82) is 0 Å². The molecule has 4 rings (SSSR count). The first-order valence-corrected chi connectivity index (χ1v) is 10.7. The van der Waals surface area contributed by atoms with Crippen molar-refractivity contribution in [3.63, 3.8) is 0 Å². The molecule has 29 heavy (non-hydrogen) atoms. The number of urea groups is 1. The molecule has 1 saturated heterocycles. The second-order valence-corrected chi connectivity index (χ2v) is 8.36. The molecule has 2 fully saturated rings. The summed E-state index contributed by atoms with van der Waals surface area (Å²) in [6, 6.07) is 15.2. The molecule has 1 aliphatic heterocycles. The summed E-state index contributed by atoms with van der Waals surface area (Å²) in [4.78, 5) is 26.4. The third kappa shape index (κ3) is 4.70. The summed E-state index contributed by atoms with van der Waals surface area (Å²) in [7, 11) is 0. The first-order chi connectivity index (χ1) is 14.1. The summed E-state index contributed by atoms with van der Waals surface area (Å²) in [5.74, 6) is 0.526. The second kappa shape index (κ2) is 8.82. The highest BCUT2D eigenvalue weighted by Gasteiger charge is 2.38. The Bertz CT molecular complexity index is 916. The van der Waals surface area contributed by atoms with Crippen molar-refractivity contribution < 1.29 is 14.3 Å². The summed E-state index contributed by atoms with van der Waals surface area (Å²) < 4.78 is 6.85. The summed E-state index contributed by atoms with van der Waals surface area (Å²) in [6.07, 6.45) is 6.85. The minimum Gasteiger partial charge on any atom is -0.489 e. The van der Waals surface area contributed by atoms with Gasteiger partial charge in [0, 0.05) is 10.5 Å². The van der Waals surface area contributed by atoms with Gasteiger partial charge in [-0.2, -0.15) is 0 Å². The van der Waals surface area contributed by atoms with Crippen LogP contribution in [0.4, 0.5) is 4.79 Å². The van der Waals surface area contributed by atoms with Crippen molar-refractivity contribution >= 4 is 33.9 Å². The normalized spacial score (nSPS) is 18.9. The monoisotopic (exact) mass is 454 g/mol. The van der Waals surface area contributed by atoms with Crippen LogP contribution in [0.3, 0.4) is 0 Å². The fraction of sp³-hybridized carbons (Fsp3) is 0.304. The number of imide groups is 1. The van der Waals surface area contributed by atoms with Gasteiger partial charge in [-0.05, 0) is 54.3 Å². The van der Waals surface area contributed by atoms with E-state index in [1.54, 1.807) is 6.08 Å². The Morgan fingerprint density at radius 1 is 1.00 bits per heavy atom. The van der Waals surface area contributed by atoms with Crippen LogP contribution < -0.4 is 10.1 Å². The summed E-state index contributed by atoms with van der Waals surface area (Å²) >= 11 is 3.42. The lowest BCUT2D eigenvalue weighted by atomic mass is 9.94. The van der Waals surface area contributed by atoms with Gasteiger partial charge in [0.1, 0.15) is 18.1 Å². The van der Waals surface area contributed by atoms with Crippen molar-refractivity contribution in [3.05, 3.63) is 69.8 Å². The summed E-state index contributed by atoms with van der Waals surface area (Å²) in [6.45, 7) is 0.485. The van der Waals surface area contributed by atoms with Gasteiger partial charge in [-0.3, -0.25) is 9.69 Å². The molecule has 0 aromatic heterocycles. The van der Waals surface area contributed by atoms with Gasteiger partial charge in [0.15, 0.2) is 0 Å². The van der Waals surface area contributed by atoms with E-state index in [1.807, 2.05) is 48.5 Å². The maximum atomic E-state index is 12.7. The standard InChI is InChI=1S/C23H23BrN2O3/c24-18-10-6-17(7-11-18)15-29-20-12-8-16(9-13-20)14-21-22(27)26(23(28)25-21)19-4-2-1-3-5-19/h6-14,19H,1-5,15H2,(H,25,28)/b21-14-. The summed E-state index contributed by atoms with van der Waals surface area (Å²) in [5.41, 5.74) is 2.26. The van der Waals surface area contributed by atoms with Crippen LogP contribution in [0.5, 0.6) is 5.75 Å². The highest BCUT2D eigenvalue weighted by molar-refractivity contribution is 9.10. The number of carbonyl (C=O) groups excluding carboxylic acids is 2. The second-order valence-electron chi connectivity index (χ2n) is 7.44. The highest BCUT2D eigenvalue weighted by atomic mass is 79.9. The predicted octanol–water partition coefficient (Wildman–Crippen LogP) is 5.25. The molecule has 1 saturated carbocycles.